The van der Waals surface area contributed by atoms with Crippen LogP contribution in [0.1, 0.15) is 10.4 Å². The van der Waals surface area contributed by atoms with Crippen LogP contribution in [0.2, 0.25) is 0 Å². The quantitative estimate of drug-likeness (QED) is 0.786. The van der Waals surface area contributed by atoms with Crippen LogP contribution >= 0.6 is 0 Å². The number of carbonyl (C=O) groups is 3. The van der Waals surface area contributed by atoms with E-state index >= 15 is 0 Å². The number of esters is 1. The molecule has 0 bridgehead atoms. The highest BCUT2D eigenvalue weighted by Gasteiger charge is 2.17. The van der Waals surface area contributed by atoms with Crippen molar-refractivity contribution >= 4 is 23.7 Å². The molecular formula is C13H16N2O6. The Morgan fingerprint density at radius 1 is 1.29 bits per heavy atom. The Labute approximate surface area is 121 Å². The summed E-state index contributed by atoms with van der Waals surface area (Å²) >= 11 is 0. The highest BCUT2D eigenvalue weighted by molar-refractivity contribution is 6.00. The average Bonchev–Trinajstić information content (AvgIpc) is 2.46. The van der Waals surface area contributed by atoms with Crippen LogP contribution in [0.25, 0.3) is 0 Å². The number of nitrogens with zero attached hydrogens (tertiary/aromatic N) is 1. The van der Waals surface area contributed by atoms with Gasteiger partial charge in [0.05, 0.1) is 25.5 Å². The molecule has 0 atom stereocenters. The number of carboxylic acid groups (broad SMARTS) is 1. The van der Waals surface area contributed by atoms with Crippen molar-refractivity contribution in [3.05, 3.63) is 23.8 Å². The number of anilines is 1. The maximum atomic E-state index is 11.9. The summed E-state index contributed by atoms with van der Waals surface area (Å²) in [5, 5.41) is 11.5. The number of methoxy groups -OCH3 is 2. The van der Waals surface area contributed by atoms with Crippen molar-refractivity contribution in [3.8, 4) is 5.75 Å². The first kappa shape index (κ1) is 16.3. The molecule has 0 saturated carbocycles. The van der Waals surface area contributed by atoms with E-state index < -0.39 is 18.0 Å². The predicted octanol–water partition coefficient (Wildman–Crippen LogP) is 1.03. The Kier molecular flexibility index (Phi) is 5.53. The largest absolute Gasteiger partial charge is 0.497 e. The molecule has 0 saturated heterocycles. The van der Waals surface area contributed by atoms with E-state index in [9.17, 15) is 14.4 Å². The van der Waals surface area contributed by atoms with Gasteiger partial charge < -0.3 is 24.8 Å². The molecule has 0 aromatic heterocycles. The van der Waals surface area contributed by atoms with Crippen LogP contribution in [0.3, 0.4) is 0 Å². The van der Waals surface area contributed by atoms with E-state index in [1.807, 2.05) is 0 Å². The Hall–Kier alpha value is -2.77. The number of nitrogens with one attached hydrogen (secondary N) is 1. The van der Waals surface area contributed by atoms with Crippen LogP contribution < -0.4 is 10.1 Å². The maximum Gasteiger partial charge on any atom is 0.337 e. The van der Waals surface area contributed by atoms with E-state index in [0.29, 0.717) is 5.75 Å². The SMILES string of the molecule is COC(=O)CN(C)C(=O)Nc1cc(OC)ccc1C(=O)O. The lowest BCUT2D eigenvalue weighted by Crippen LogP contribution is -2.36. The number of aromatic carboxylic acids is 1. The lowest BCUT2D eigenvalue weighted by Gasteiger charge is -2.17. The van der Waals surface area contributed by atoms with E-state index in [1.165, 1.54) is 39.5 Å². The molecule has 0 spiro atoms. The van der Waals surface area contributed by atoms with Crippen molar-refractivity contribution in [1.82, 2.24) is 4.90 Å². The van der Waals surface area contributed by atoms with Gasteiger partial charge in [0.25, 0.3) is 0 Å². The molecule has 0 aliphatic carbocycles. The topological polar surface area (TPSA) is 105 Å². The third-order valence-corrected chi connectivity index (χ3v) is 2.64. The summed E-state index contributed by atoms with van der Waals surface area (Å²) in [6.07, 6.45) is 0. The first-order valence-corrected chi connectivity index (χ1v) is 5.89. The zero-order valence-electron chi connectivity index (χ0n) is 11.9. The molecule has 21 heavy (non-hydrogen) atoms. The molecule has 8 heteroatoms. The zero-order chi connectivity index (χ0) is 16.0. The summed E-state index contributed by atoms with van der Waals surface area (Å²) in [6.45, 7) is -0.255. The van der Waals surface area contributed by atoms with Gasteiger partial charge >= 0.3 is 18.0 Å². The molecular weight excluding hydrogens is 280 g/mol. The monoisotopic (exact) mass is 296 g/mol. The molecule has 0 fully saturated rings. The normalized spacial score (nSPS) is 9.67. The van der Waals surface area contributed by atoms with E-state index in [-0.39, 0.29) is 17.8 Å². The van der Waals surface area contributed by atoms with E-state index in [1.54, 1.807) is 0 Å². The van der Waals surface area contributed by atoms with Crippen LogP contribution in [-0.4, -0.2) is 55.8 Å². The van der Waals surface area contributed by atoms with Crippen LogP contribution in [0.5, 0.6) is 5.75 Å². The van der Waals surface area contributed by atoms with Crippen LogP contribution in [0, 0.1) is 0 Å². The van der Waals surface area contributed by atoms with Gasteiger partial charge in [-0.15, -0.1) is 0 Å². The van der Waals surface area contributed by atoms with Crippen molar-refractivity contribution in [2.24, 2.45) is 0 Å². The van der Waals surface area contributed by atoms with E-state index in [0.717, 1.165) is 4.90 Å². The number of ether oxygens (including phenoxy) is 2. The lowest BCUT2D eigenvalue weighted by molar-refractivity contribution is -0.140. The molecule has 2 amide bonds. The standard InChI is InChI=1S/C13H16N2O6/c1-15(7-11(16)21-3)13(19)14-10-6-8(20-2)4-5-9(10)12(17)18/h4-6H,7H2,1-3H3,(H,14,19)(H,17,18). The third-order valence-electron chi connectivity index (χ3n) is 2.64. The Balaban J connectivity index is 2.92. The molecule has 0 unspecified atom stereocenters. The lowest BCUT2D eigenvalue weighted by atomic mass is 10.1. The fraction of sp³-hybridized carbons (Fsp3) is 0.308. The van der Waals surface area contributed by atoms with Crippen molar-refractivity contribution < 1.29 is 29.0 Å². The molecule has 114 valence electrons. The van der Waals surface area contributed by atoms with Crippen LogP contribution in [0.15, 0.2) is 18.2 Å². The van der Waals surface area contributed by atoms with Gasteiger partial charge in [0.2, 0.25) is 0 Å². The number of rotatable bonds is 5. The number of hydrogen-bond acceptors (Lipinski definition) is 5. The molecule has 1 aromatic carbocycles. The maximum absolute atomic E-state index is 11.9. The summed E-state index contributed by atoms with van der Waals surface area (Å²) in [5.74, 6) is -1.38. The highest BCUT2D eigenvalue weighted by Crippen LogP contribution is 2.22. The van der Waals surface area contributed by atoms with Gasteiger partial charge in [-0.25, -0.2) is 9.59 Å². The number of carboxylic acids is 1. The van der Waals surface area contributed by atoms with Crippen molar-refractivity contribution in [1.29, 1.82) is 0 Å². The second-order valence-electron chi connectivity index (χ2n) is 4.08. The number of benzene rings is 1. The molecule has 1 rings (SSSR count). The van der Waals surface area contributed by atoms with Gasteiger partial charge in [0, 0.05) is 13.1 Å². The summed E-state index contributed by atoms with van der Waals surface area (Å²) in [5.41, 5.74) is -0.0146. The van der Waals surface area contributed by atoms with Gasteiger partial charge in [-0.3, -0.25) is 4.79 Å². The van der Waals surface area contributed by atoms with Crippen molar-refractivity contribution in [2.75, 3.05) is 33.1 Å². The first-order chi connectivity index (χ1) is 9.88. The molecule has 0 aliphatic rings. The molecule has 0 aliphatic heterocycles. The number of likely N-dealkylation sites (N-methyl/N-ethyl adjacent to an activating group) is 1. The van der Waals surface area contributed by atoms with Crippen molar-refractivity contribution in [2.45, 2.75) is 0 Å². The molecule has 1 aromatic rings. The van der Waals surface area contributed by atoms with Gasteiger partial charge in [-0.1, -0.05) is 0 Å². The van der Waals surface area contributed by atoms with Gasteiger partial charge in [0.1, 0.15) is 12.3 Å². The number of hydrogen-bond donors (Lipinski definition) is 2. The minimum absolute atomic E-state index is 0.0727. The average molecular weight is 296 g/mol. The van der Waals surface area contributed by atoms with E-state index in [2.05, 4.69) is 10.1 Å². The number of urea groups is 1. The third kappa shape index (κ3) is 4.37. The van der Waals surface area contributed by atoms with Gasteiger partial charge in [-0.2, -0.15) is 0 Å². The highest BCUT2D eigenvalue weighted by atomic mass is 16.5. The summed E-state index contributed by atoms with van der Waals surface area (Å²) in [7, 11) is 4.01. The van der Waals surface area contributed by atoms with Gasteiger partial charge in [-0.05, 0) is 12.1 Å². The van der Waals surface area contributed by atoms with Crippen LogP contribution in [-0.2, 0) is 9.53 Å². The minimum Gasteiger partial charge on any atom is -0.497 e. The molecule has 8 nitrogen and oxygen atoms in total. The van der Waals surface area contributed by atoms with Crippen LogP contribution in [0.4, 0.5) is 10.5 Å². The Morgan fingerprint density at radius 3 is 2.48 bits per heavy atom. The Morgan fingerprint density at radius 2 is 1.95 bits per heavy atom. The van der Waals surface area contributed by atoms with E-state index in [4.69, 9.17) is 9.84 Å². The molecule has 0 radical (unpaired) electrons. The fourth-order valence-electron chi connectivity index (χ4n) is 1.48. The molecule has 0 heterocycles. The van der Waals surface area contributed by atoms with Gasteiger partial charge in [0.15, 0.2) is 0 Å². The summed E-state index contributed by atoms with van der Waals surface area (Å²) in [6, 6.07) is 3.53. The summed E-state index contributed by atoms with van der Waals surface area (Å²) in [4.78, 5) is 35.2. The second-order valence-corrected chi connectivity index (χ2v) is 4.08. The second kappa shape index (κ2) is 7.13. The number of amides is 2. The van der Waals surface area contributed by atoms with Crippen molar-refractivity contribution in [3.63, 3.8) is 0 Å². The first-order valence-electron chi connectivity index (χ1n) is 5.89. The smallest absolute Gasteiger partial charge is 0.337 e. The fourth-order valence-corrected chi connectivity index (χ4v) is 1.48. The predicted molar refractivity (Wildman–Crippen MR) is 73.6 cm³/mol. The Bertz CT molecular complexity index is 558. The summed E-state index contributed by atoms with van der Waals surface area (Å²) < 4.78 is 9.43. The molecule has 2 N–H and O–H groups in total. The number of carbonyl (C=O) groups excluding carboxylic acids is 2. The zero-order valence-corrected chi connectivity index (χ0v) is 11.9. The minimum atomic E-state index is -1.19.